The number of aromatic nitrogens is 1. The molecule has 0 saturated carbocycles. The lowest BCUT2D eigenvalue weighted by Gasteiger charge is -2.10. The van der Waals surface area contributed by atoms with Crippen LogP contribution >= 0.6 is 11.8 Å². The van der Waals surface area contributed by atoms with Gasteiger partial charge in [0.1, 0.15) is 0 Å². The van der Waals surface area contributed by atoms with Crippen molar-refractivity contribution in [3.8, 4) is 0 Å². The van der Waals surface area contributed by atoms with Crippen molar-refractivity contribution >= 4 is 28.6 Å². The van der Waals surface area contributed by atoms with Crippen LogP contribution in [0.3, 0.4) is 0 Å². The molecule has 2 aromatic carbocycles. The fourth-order valence-corrected chi connectivity index (χ4v) is 3.29. The van der Waals surface area contributed by atoms with Gasteiger partial charge in [-0.05, 0) is 54.8 Å². The molecule has 3 aromatic rings. The Kier molecular flexibility index (Phi) is 5.26. The molecule has 124 valence electrons. The monoisotopic (exact) mass is 338 g/mol. The predicted octanol–water partition coefficient (Wildman–Crippen LogP) is 4.49. The Balaban J connectivity index is 1.56. The second kappa shape index (κ2) is 7.58. The number of benzene rings is 2. The summed E-state index contributed by atoms with van der Waals surface area (Å²) in [4.78, 5) is 13.5. The van der Waals surface area contributed by atoms with Gasteiger partial charge in [-0.3, -0.25) is 4.79 Å². The molecule has 0 atom stereocenters. The summed E-state index contributed by atoms with van der Waals surface area (Å²) in [6.07, 6.45) is 5.04. The fourth-order valence-electron chi connectivity index (χ4n) is 2.85. The number of carbonyl (C=O) groups is 1. The highest BCUT2D eigenvalue weighted by atomic mass is 32.2. The van der Waals surface area contributed by atoms with Gasteiger partial charge < -0.3 is 9.88 Å². The van der Waals surface area contributed by atoms with E-state index in [0.29, 0.717) is 6.54 Å². The number of nitrogens with zero attached hydrogens (tertiary/aromatic N) is 1. The van der Waals surface area contributed by atoms with Gasteiger partial charge in [-0.25, -0.2) is 0 Å². The first-order valence-corrected chi connectivity index (χ1v) is 9.38. The van der Waals surface area contributed by atoms with Crippen molar-refractivity contribution in [3.05, 3.63) is 65.9 Å². The summed E-state index contributed by atoms with van der Waals surface area (Å²) in [7, 11) is 0. The minimum atomic E-state index is 0.0146. The van der Waals surface area contributed by atoms with E-state index in [1.807, 2.05) is 31.4 Å². The summed E-state index contributed by atoms with van der Waals surface area (Å²) in [5.74, 6) is 0.0146. The molecule has 0 radical (unpaired) electrons. The van der Waals surface area contributed by atoms with Gasteiger partial charge in [0.25, 0.3) is 5.91 Å². The first kappa shape index (κ1) is 16.7. The van der Waals surface area contributed by atoms with Crippen LogP contribution in [-0.2, 0) is 6.54 Å². The second-order valence-corrected chi connectivity index (χ2v) is 6.74. The maximum Gasteiger partial charge on any atom is 0.251 e. The number of thioether (sulfide) groups is 1. The highest BCUT2D eigenvalue weighted by Gasteiger charge is 2.09. The number of rotatable bonds is 6. The Bertz CT molecular complexity index is 854. The molecule has 0 aliphatic rings. The quantitative estimate of drug-likeness (QED) is 0.531. The van der Waals surface area contributed by atoms with Gasteiger partial charge in [0.15, 0.2) is 0 Å². The molecule has 4 heteroatoms. The van der Waals surface area contributed by atoms with Crippen LogP contribution in [0, 0.1) is 6.92 Å². The van der Waals surface area contributed by atoms with Crippen molar-refractivity contribution in [2.45, 2.75) is 24.8 Å². The zero-order chi connectivity index (χ0) is 16.9. The fraction of sp³-hybridized carbons (Fsp3) is 0.250. The van der Waals surface area contributed by atoms with Crippen LogP contribution in [0.5, 0.6) is 0 Å². The molecular formula is C20H22N2OS. The van der Waals surface area contributed by atoms with Crippen LogP contribution < -0.4 is 5.32 Å². The number of aryl methyl sites for hydroxylation is 2. The molecule has 1 N–H and O–H groups in total. The van der Waals surface area contributed by atoms with Crippen molar-refractivity contribution in [1.82, 2.24) is 9.88 Å². The van der Waals surface area contributed by atoms with Crippen LogP contribution in [0.25, 0.3) is 10.9 Å². The molecule has 0 spiro atoms. The predicted molar refractivity (Wildman–Crippen MR) is 102 cm³/mol. The normalized spacial score (nSPS) is 10.9. The smallest absolute Gasteiger partial charge is 0.251 e. The van der Waals surface area contributed by atoms with E-state index in [0.717, 1.165) is 29.0 Å². The van der Waals surface area contributed by atoms with E-state index in [4.69, 9.17) is 0 Å². The van der Waals surface area contributed by atoms with Crippen LogP contribution in [0.4, 0.5) is 0 Å². The van der Waals surface area contributed by atoms with E-state index < -0.39 is 0 Å². The Morgan fingerprint density at radius 1 is 1.17 bits per heavy atom. The molecule has 3 nitrogen and oxygen atoms in total. The Morgan fingerprint density at radius 2 is 2.00 bits per heavy atom. The standard InChI is InChI=1S/C20H22N2OS/c1-15-8-9-17(24-2)14-18(15)20(23)21-11-5-12-22-13-10-16-6-3-4-7-19(16)22/h3-4,6-10,13-14H,5,11-12H2,1-2H3,(H,21,23). The van der Waals surface area contributed by atoms with E-state index in [2.05, 4.69) is 46.4 Å². The summed E-state index contributed by atoms with van der Waals surface area (Å²) >= 11 is 1.65. The number of para-hydroxylation sites is 1. The van der Waals surface area contributed by atoms with Crippen molar-refractivity contribution in [1.29, 1.82) is 0 Å². The first-order chi connectivity index (χ1) is 11.7. The molecule has 0 fully saturated rings. The summed E-state index contributed by atoms with van der Waals surface area (Å²) in [5.41, 5.74) is 3.03. The lowest BCUT2D eigenvalue weighted by Crippen LogP contribution is -2.26. The number of fused-ring (bicyclic) bond motifs is 1. The van der Waals surface area contributed by atoms with Crippen LogP contribution in [0.15, 0.2) is 59.6 Å². The molecule has 3 rings (SSSR count). The summed E-state index contributed by atoms with van der Waals surface area (Å²) in [6.45, 7) is 3.55. The molecule has 0 aliphatic heterocycles. The minimum Gasteiger partial charge on any atom is -0.352 e. The van der Waals surface area contributed by atoms with Crippen LogP contribution in [0.2, 0.25) is 0 Å². The Hall–Kier alpha value is -2.20. The molecule has 0 aliphatic carbocycles. The summed E-state index contributed by atoms with van der Waals surface area (Å²) in [6, 6.07) is 16.5. The molecule has 1 amide bonds. The molecule has 0 unspecified atom stereocenters. The van der Waals surface area contributed by atoms with E-state index in [1.54, 1.807) is 11.8 Å². The lowest BCUT2D eigenvalue weighted by molar-refractivity contribution is 0.0952. The molecule has 1 aromatic heterocycles. The van der Waals surface area contributed by atoms with Crippen LogP contribution in [-0.4, -0.2) is 23.3 Å². The number of hydrogen-bond donors (Lipinski definition) is 1. The molecule has 0 saturated heterocycles. The zero-order valence-electron chi connectivity index (χ0n) is 14.1. The SMILES string of the molecule is CSc1ccc(C)c(C(=O)NCCCn2ccc3ccccc32)c1. The third-order valence-electron chi connectivity index (χ3n) is 4.23. The van der Waals surface area contributed by atoms with Crippen LogP contribution in [0.1, 0.15) is 22.3 Å². The van der Waals surface area contributed by atoms with Gasteiger partial charge in [-0.1, -0.05) is 24.3 Å². The number of hydrogen-bond acceptors (Lipinski definition) is 2. The maximum absolute atomic E-state index is 12.4. The van der Waals surface area contributed by atoms with Gasteiger partial charge >= 0.3 is 0 Å². The average molecular weight is 338 g/mol. The molecule has 1 heterocycles. The summed E-state index contributed by atoms with van der Waals surface area (Å²) in [5, 5.41) is 4.30. The zero-order valence-corrected chi connectivity index (χ0v) is 14.9. The van der Waals surface area contributed by atoms with Gasteiger partial charge in [0, 0.05) is 35.3 Å². The molecular weight excluding hydrogens is 316 g/mol. The van der Waals surface area contributed by atoms with E-state index in [1.165, 1.54) is 10.9 Å². The minimum absolute atomic E-state index is 0.0146. The van der Waals surface area contributed by atoms with Gasteiger partial charge in [0.2, 0.25) is 0 Å². The first-order valence-electron chi connectivity index (χ1n) is 8.16. The van der Waals surface area contributed by atoms with E-state index in [-0.39, 0.29) is 5.91 Å². The third-order valence-corrected chi connectivity index (χ3v) is 4.96. The maximum atomic E-state index is 12.4. The Morgan fingerprint density at radius 3 is 2.83 bits per heavy atom. The van der Waals surface area contributed by atoms with Gasteiger partial charge in [0.05, 0.1) is 0 Å². The lowest BCUT2D eigenvalue weighted by atomic mass is 10.1. The number of amides is 1. The largest absolute Gasteiger partial charge is 0.352 e. The highest BCUT2D eigenvalue weighted by molar-refractivity contribution is 7.98. The van der Waals surface area contributed by atoms with Crippen molar-refractivity contribution < 1.29 is 4.79 Å². The Labute approximate surface area is 147 Å². The van der Waals surface area contributed by atoms with Gasteiger partial charge in [-0.15, -0.1) is 11.8 Å². The summed E-state index contributed by atoms with van der Waals surface area (Å²) < 4.78 is 2.24. The number of nitrogens with one attached hydrogen (secondary N) is 1. The topological polar surface area (TPSA) is 34.0 Å². The van der Waals surface area contributed by atoms with Crippen molar-refractivity contribution in [2.24, 2.45) is 0 Å². The molecule has 24 heavy (non-hydrogen) atoms. The second-order valence-electron chi connectivity index (χ2n) is 5.86. The van der Waals surface area contributed by atoms with E-state index >= 15 is 0 Å². The molecule has 0 bridgehead atoms. The third kappa shape index (κ3) is 3.65. The highest BCUT2D eigenvalue weighted by Crippen LogP contribution is 2.19. The van der Waals surface area contributed by atoms with E-state index in [9.17, 15) is 4.79 Å². The van der Waals surface area contributed by atoms with Gasteiger partial charge in [-0.2, -0.15) is 0 Å². The van der Waals surface area contributed by atoms with Crippen molar-refractivity contribution in [3.63, 3.8) is 0 Å². The van der Waals surface area contributed by atoms with Crippen molar-refractivity contribution in [2.75, 3.05) is 12.8 Å². The average Bonchev–Trinajstić information content (AvgIpc) is 3.02. The number of carbonyl (C=O) groups excluding carboxylic acids is 1.